The molecular formula is C10H16N4O4. The second-order valence-electron chi connectivity index (χ2n) is 3.67. The average molecular weight is 256 g/mol. The number of hydrogen-bond acceptors (Lipinski definition) is 4. The van der Waals surface area contributed by atoms with Crippen LogP contribution in [0.15, 0.2) is 12.3 Å². The zero-order chi connectivity index (χ0) is 13.5. The maximum atomic E-state index is 11.3. The van der Waals surface area contributed by atoms with Crippen molar-refractivity contribution in [3.8, 4) is 0 Å². The third-order valence-corrected chi connectivity index (χ3v) is 2.38. The lowest BCUT2D eigenvalue weighted by atomic mass is 10.3. The van der Waals surface area contributed by atoms with E-state index in [4.69, 9.17) is 10.2 Å². The second kappa shape index (κ2) is 6.60. The molecule has 1 aromatic rings. The van der Waals surface area contributed by atoms with Crippen LogP contribution in [0, 0.1) is 0 Å². The molecule has 1 heterocycles. The Morgan fingerprint density at radius 1 is 1.56 bits per heavy atom. The van der Waals surface area contributed by atoms with Crippen LogP contribution in [0.1, 0.15) is 5.69 Å². The summed E-state index contributed by atoms with van der Waals surface area (Å²) in [4.78, 5) is 21.9. The fourth-order valence-corrected chi connectivity index (χ4v) is 1.35. The smallest absolute Gasteiger partial charge is 0.328 e. The van der Waals surface area contributed by atoms with E-state index in [2.05, 4.69) is 15.7 Å². The van der Waals surface area contributed by atoms with Crippen LogP contribution in [0.4, 0.5) is 4.79 Å². The Balaban J connectivity index is 2.29. The molecule has 0 aliphatic carbocycles. The number of carboxylic acids is 1. The highest BCUT2D eigenvalue weighted by atomic mass is 16.4. The van der Waals surface area contributed by atoms with Gasteiger partial charge in [0.1, 0.15) is 0 Å². The molecule has 0 aromatic carbocycles. The van der Waals surface area contributed by atoms with Crippen LogP contribution in [-0.4, -0.2) is 51.2 Å². The summed E-state index contributed by atoms with van der Waals surface area (Å²) in [7, 11) is 1.79. The van der Waals surface area contributed by atoms with Crippen molar-refractivity contribution in [3.05, 3.63) is 18.0 Å². The van der Waals surface area contributed by atoms with E-state index in [9.17, 15) is 9.59 Å². The number of nitrogens with one attached hydrogen (secondary N) is 2. The van der Waals surface area contributed by atoms with Crippen LogP contribution >= 0.6 is 0 Å². The normalized spacial score (nSPS) is 11.9. The van der Waals surface area contributed by atoms with Gasteiger partial charge in [0.2, 0.25) is 0 Å². The number of carboxylic acid groups (broad SMARTS) is 1. The molecule has 4 N–H and O–H groups in total. The maximum absolute atomic E-state index is 11.3. The molecule has 0 bridgehead atoms. The lowest BCUT2D eigenvalue weighted by Crippen LogP contribution is -2.48. The number of rotatable bonds is 6. The number of nitrogens with zero attached hydrogens (tertiary/aromatic N) is 2. The standard InChI is InChI=1S/C10H16N4O4/c1-14-7(3-5-12-14)2-4-11-10(18)13-8(6-15)9(16)17/h3,5,8,15H,2,4,6H2,1H3,(H,16,17)(H2,11,13,18)/t8-/m0/s1. The molecule has 1 aromatic heterocycles. The highest BCUT2D eigenvalue weighted by Gasteiger charge is 2.18. The fraction of sp³-hybridized carbons (Fsp3) is 0.500. The molecule has 8 heteroatoms. The van der Waals surface area contributed by atoms with Crippen LogP contribution in [0.3, 0.4) is 0 Å². The van der Waals surface area contributed by atoms with Gasteiger partial charge in [-0.25, -0.2) is 9.59 Å². The fourth-order valence-electron chi connectivity index (χ4n) is 1.35. The van der Waals surface area contributed by atoms with Gasteiger partial charge >= 0.3 is 12.0 Å². The minimum absolute atomic E-state index is 0.350. The summed E-state index contributed by atoms with van der Waals surface area (Å²) in [6.45, 7) is -0.298. The summed E-state index contributed by atoms with van der Waals surface area (Å²) in [6, 6.07) is -0.0896. The predicted octanol–water partition coefficient (Wildman–Crippen LogP) is -1.29. The Labute approximate surface area is 104 Å². The molecule has 100 valence electrons. The number of aryl methyl sites for hydroxylation is 1. The highest BCUT2D eigenvalue weighted by Crippen LogP contribution is 1.95. The van der Waals surface area contributed by atoms with Crippen molar-refractivity contribution in [1.29, 1.82) is 0 Å². The monoisotopic (exact) mass is 256 g/mol. The number of aliphatic hydroxyl groups is 1. The van der Waals surface area contributed by atoms with Gasteiger partial charge in [-0.1, -0.05) is 0 Å². The van der Waals surface area contributed by atoms with Gasteiger partial charge in [-0.3, -0.25) is 4.68 Å². The van der Waals surface area contributed by atoms with Crippen LogP contribution < -0.4 is 10.6 Å². The number of hydrogen-bond donors (Lipinski definition) is 4. The quantitative estimate of drug-likeness (QED) is 0.505. The Kier molecular flexibility index (Phi) is 5.12. The molecule has 0 unspecified atom stereocenters. The van der Waals surface area contributed by atoms with E-state index in [1.54, 1.807) is 17.9 Å². The third kappa shape index (κ3) is 4.06. The van der Waals surface area contributed by atoms with Crippen LogP contribution in [-0.2, 0) is 18.3 Å². The minimum Gasteiger partial charge on any atom is -0.480 e. The summed E-state index contributed by atoms with van der Waals surface area (Å²) < 4.78 is 1.69. The lowest BCUT2D eigenvalue weighted by Gasteiger charge is -2.12. The van der Waals surface area contributed by atoms with Gasteiger partial charge in [-0.2, -0.15) is 5.10 Å². The van der Waals surface area contributed by atoms with Crippen molar-refractivity contribution in [3.63, 3.8) is 0 Å². The number of aromatic nitrogens is 2. The number of urea groups is 1. The Morgan fingerprint density at radius 2 is 2.28 bits per heavy atom. The van der Waals surface area contributed by atoms with Gasteiger partial charge in [0.15, 0.2) is 6.04 Å². The van der Waals surface area contributed by atoms with Crippen LogP contribution in [0.5, 0.6) is 0 Å². The van der Waals surface area contributed by atoms with Crippen LogP contribution in [0.2, 0.25) is 0 Å². The van der Waals surface area contributed by atoms with Crippen LogP contribution in [0.25, 0.3) is 0 Å². The number of aliphatic carboxylic acids is 1. The zero-order valence-electron chi connectivity index (χ0n) is 9.96. The molecule has 18 heavy (non-hydrogen) atoms. The first kappa shape index (κ1) is 14.0. The Morgan fingerprint density at radius 3 is 2.78 bits per heavy atom. The SMILES string of the molecule is Cn1nccc1CCNC(=O)N[C@@H](CO)C(=O)O. The number of aliphatic hydroxyl groups excluding tert-OH is 1. The van der Waals surface area contributed by atoms with Gasteiger partial charge in [0.05, 0.1) is 6.61 Å². The molecule has 0 spiro atoms. The zero-order valence-corrected chi connectivity index (χ0v) is 9.96. The molecular weight excluding hydrogens is 240 g/mol. The Bertz CT molecular complexity index is 418. The predicted molar refractivity (Wildman–Crippen MR) is 62.0 cm³/mol. The van der Waals surface area contributed by atoms with Gasteiger partial charge in [0, 0.05) is 31.9 Å². The van der Waals surface area contributed by atoms with Gasteiger partial charge in [0.25, 0.3) is 0 Å². The second-order valence-corrected chi connectivity index (χ2v) is 3.67. The van der Waals surface area contributed by atoms with Crippen molar-refractivity contribution in [1.82, 2.24) is 20.4 Å². The summed E-state index contributed by atoms with van der Waals surface area (Å²) in [5.41, 5.74) is 0.951. The minimum atomic E-state index is -1.29. The average Bonchev–Trinajstić information content (AvgIpc) is 2.71. The third-order valence-electron chi connectivity index (χ3n) is 2.38. The molecule has 1 atom stereocenters. The number of carbonyl (C=O) groups is 2. The number of amides is 2. The largest absolute Gasteiger partial charge is 0.480 e. The summed E-state index contributed by atoms with van der Waals surface area (Å²) in [5, 5.41) is 26.0. The van der Waals surface area contributed by atoms with Crippen molar-refractivity contribution >= 4 is 12.0 Å². The van der Waals surface area contributed by atoms with Gasteiger partial charge in [-0.05, 0) is 6.07 Å². The van der Waals surface area contributed by atoms with E-state index in [1.165, 1.54) is 0 Å². The summed E-state index contributed by atoms with van der Waals surface area (Å²) >= 11 is 0. The first-order valence-electron chi connectivity index (χ1n) is 5.39. The topological polar surface area (TPSA) is 116 Å². The summed E-state index contributed by atoms with van der Waals surface area (Å²) in [5.74, 6) is -1.28. The van der Waals surface area contributed by atoms with E-state index in [-0.39, 0.29) is 0 Å². The first-order valence-corrected chi connectivity index (χ1v) is 5.39. The molecule has 1 rings (SSSR count). The molecule has 0 aliphatic heterocycles. The van der Waals surface area contributed by atoms with Gasteiger partial charge < -0.3 is 20.8 Å². The van der Waals surface area contributed by atoms with Crippen molar-refractivity contribution in [2.75, 3.05) is 13.2 Å². The van der Waals surface area contributed by atoms with Crippen molar-refractivity contribution in [2.24, 2.45) is 7.05 Å². The first-order chi connectivity index (χ1) is 8.54. The molecule has 2 amide bonds. The lowest BCUT2D eigenvalue weighted by molar-refractivity contribution is -0.140. The molecule has 0 aliphatic rings. The Hall–Kier alpha value is -2.09. The number of carbonyl (C=O) groups excluding carboxylic acids is 1. The van der Waals surface area contributed by atoms with E-state index < -0.39 is 24.6 Å². The van der Waals surface area contributed by atoms with Crippen molar-refractivity contribution in [2.45, 2.75) is 12.5 Å². The maximum Gasteiger partial charge on any atom is 0.328 e. The molecule has 0 radical (unpaired) electrons. The van der Waals surface area contributed by atoms with Crippen molar-refractivity contribution < 1.29 is 19.8 Å². The highest BCUT2D eigenvalue weighted by molar-refractivity contribution is 5.82. The van der Waals surface area contributed by atoms with Gasteiger partial charge in [-0.15, -0.1) is 0 Å². The van der Waals surface area contributed by atoms with E-state index in [1.807, 2.05) is 6.07 Å². The van der Waals surface area contributed by atoms with E-state index >= 15 is 0 Å². The molecule has 0 saturated heterocycles. The van der Waals surface area contributed by atoms with E-state index in [0.29, 0.717) is 13.0 Å². The molecule has 8 nitrogen and oxygen atoms in total. The van der Waals surface area contributed by atoms with E-state index in [0.717, 1.165) is 5.69 Å². The molecule has 0 fully saturated rings. The summed E-state index contributed by atoms with van der Waals surface area (Å²) in [6.07, 6.45) is 2.24. The molecule has 0 saturated carbocycles.